The van der Waals surface area contributed by atoms with Crippen molar-refractivity contribution < 1.29 is 23.8 Å². The molecule has 0 aliphatic heterocycles. The Balaban J connectivity index is 1.66. The summed E-state index contributed by atoms with van der Waals surface area (Å²) < 4.78 is 28.6. The Morgan fingerprint density at radius 2 is 2.00 bits per heavy atom. The molecule has 1 aromatic carbocycles. The molecule has 0 spiro atoms. The third-order valence-corrected chi connectivity index (χ3v) is 5.87. The van der Waals surface area contributed by atoms with Crippen LogP contribution in [-0.2, 0) is 22.2 Å². The van der Waals surface area contributed by atoms with Gasteiger partial charge in [-0.05, 0) is 52.5 Å². The molecule has 1 aromatic heterocycles. The fraction of sp³-hybridized carbons (Fsp3) is 0.636. The molecule has 1 atom stereocenters. The molecule has 172 valence electrons. The Bertz CT molecular complexity index is 949. The summed E-state index contributed by atoms with van der Waals surface area (Å²) in [4.78, 5) is 15.5. The molecule has 1 aliphatic rings. The van der Waals surface area contributed by atoms with Crippen molar-refractivity contribution in [2.24, 2.45) is 7.05 Å². The first-order chi connectivity index (χ1) is 14.5. The summed E-state index contributed by atoms with van der Waals surface area (Å²) in [5.74, 6) is -0.621. The van der Waals surface area contributed by atoms with Gasteiger partial charge in [-0.3, -0.25) is 9.36 Å². The van der Waals surface area contributed by atoms with Crippen LogP contribution >= 0.6 is 11.6 Å². The number of carbonyl (C=O) groups excluding carboxylic acids is 1. The minimum absolute atomic E-state index is 0.0279. The largest absolute Gasteiger partial charge is 0.461 e. The Labute approximate surface area is 186 Å². The molecule has 1 aliphatic carbocycles. The summed E-state index contributed by atoms with van der Waals surface area (Å²) in [6, 6.07) is 1.69. The molecular weight excluding hydrogens is 425 g/mol. The Kier molecular flexibility index (Phi) is 7.13. The van der Waals surface area contributed by atoms with Gasteiger partial charge < -0.3 is 19.9 Å². The van der Waals surface area contributed by atoms with Gasteiger partial charge in [0.2, 0.25) is 5.91 Å². The molecular formula is C22H31ClFN3O4. The number of fused-ring (bicyclic) bond motifs is 1. The third kappa shape index (κ3) is 5.48. The third-order valence-electron chi connectivity index (χ3n) is 5.58. The van der Waals surface area contributed by atoms with Crippen LogP contribution < -0.4 is 10.1 Å². The van der Waals surface area contributed by atoms with Gasteiger partial charge in [0.25, 0.3) is 6.01 Å². The lowest BCUT2D eigenvalue weighted by Crippen LogP contribution is -2.37. The summed E-state index contributed by atoms with van der Waals surface area (Å²) >= 11 is 6.33. The topological polar surface area (TPSA) is 85.6 Å². The molecule has 31 heavy (non-hydrogen) atoms. The summed E-state index contributed by atoms with van der Waals surface area (Å²) in [5, 5.41) is 13.3. The number of amides is 1. The van der Waals surface area contributed by atoms with E-state index in [0.717, 1.165) is 25.7 Å². The van der Waals surface area contributed by atoms with Crippen molar-refractivity contribution in [3.8, 4) is 6.01 Å². The van der Waals surface area contributed by atoms with Gasteiger partial charge in [0.1, 0.15) is 17.1 Å². The van der Waals surface area contributed by atoms with Crippen molar-refractivity contribution in [2.75, 3.05) is 6.61 Å². The number of aromatic nitrogens is 2. The number of hydrogen-bond donors (Lipinski definition) is 2. The van der Waals surface area contributed by atoms with E-state index in [1.807, 2.05) is 6.92 Å². The van der Waals surface area contributed by atoms with Crippen molar-refractivity contribution in [3.63, 3.8) is 0 Å². The summed E-state index contributed by atoms with van der Waals surface area (Å²) in [5.41, 5.74) is -0.730. The molecule has 1 amide bonds. The molecule has 1 fully saturated rings. The Morgan fingerprint density at radius 1 is 1.39 bits per heavy atom. The molecule has 0 unspecified atom stereocenters. The number of ether oxygens (including phenoxy) is 2. The van der Waals surface area contributed by atoms with E-state index >= 15 is 4.39 Å². The van der Waals surface area contributed by atoms with Crippen LogP contribution in [0.5, 0.6) is 6.01 Å². The lowest BCUT2D eigenvalue weighted by atomic mass is 9.95. The monoisotopic (exact) mass is 455 g/mol. The zero-order chi connectivity index (χ0) is 22.9. The van der Waals surface area contributed by atoms with Crippen molar-refractivity contribution in [1.82, 2.24) is 14.9 Å². The van der Waals surface area contributed by atoms with Gasteiger partial charge in [-0.25, -0.2) is 4.39 Å². The second-order valence-corrected chi connectivity index (χ2v) is 9.29. The minimum Gasteiger partial charge on any atom is -0.461 e. The van der Waals surface area contributed by atoms with Crippen LogP contribution in [0.1, 0.15) is 58.9 Å². The summed E-state index contributed by atoms with van der Waals surface area (Å²) in [6.45, 7) is 6.90. The molecule has 0 saturated heterocycles. The van der Waals surface area contributed by atoms with Crippen molar-refractivity contribution in [3.05, 3.63) is 22.5 Å². The van der Waals surface area contributed by atoms with E-state index in [2.05, 4.69) is 10.3 Å². The number of aryl methyl sites for hydroxylation is 1. The normalized spacial score (nSPS) is 20.6. The van der Waals surface area contributed by atoms with E-state index in [0.29, 0.717) is 18.1 Å². The van der Waals surface area contributed by atoms with E-state index in [-0.39, 0.29) is 40.3 Å². The molecule has 0 bridgehead atoms. The Hall–Kier alpha value is -1.90. The summed E-state index contributed by atoms with van der Waals surface area (Å²) in [7, 11) is 1.68. The van der Waals surface area contributed by atoms with Gasteiger partial charge in [0.05, 0.1) is 23.3 Å². The van der Waals surface area contributed by atoms with Crippen LogP contribution in [-0.4, -0.2) is 45.4 Å². The minimum atomic E-state index is -1.37. The quantitative estimate of drug-likeness (QED) is 0.662. The molecule has 0 radical (unpaired) electrons. The van der Waals surface area contributed by atoms with Gasteiger partial charge in [0.15, 0.2) is 5.82 Å². The maximum Gasteiger partial charge on any atom is 0.297 e. The number of nitrogens with one attached hydrogen (secondary N) is 1. The van der Waals surface area contributed by atoms with Crippen LogP contribution in [0.25, 0.3) is 11.0 Å². The smallest absolute Gasteiger partial charge is 0.297 e. The number of benzene rings is 1. The van der Waals surface area contributed by atoms with E-state index in [4.69, 9.17) is 21.1 Å². The molecule has 2 aromatic rings. The highest BCUT2D eigenvalue weighted by molar-refractivity contribution is 6.35. The highest BCUT2D eigenvalue weighted by Gasteiger charge is 2.29. The number of hydrogen-bond acceptors (Lipinski definition) is 5. The number of imidazole rings is 1. The Morgan fingerprint density at radius 3 is 2.58 bits per heavy atom. The van der Waals surface area contributed by atoms with Gasteiger partial charge in [0, 0.05) is 25.6 Å². The van der Waals surface area contributed by atoms with E-state index < -0.39 is 11.4 Å². The fourth-order valence-corrected chi connectivity index (χ4v) is 4.21. The molecule has 3 rings (SSSR count). The lowest BCUT2D eigenvalue weighted by Gasteiger charge is -2.29. The van der Waals surface area contributed by atoms with Crippen LogP contribution in [0.3, 0.4) is 0 Å². The zero-order valence-electron chi connectivity index (χ0n) is 18.7. The SMILES string of the molecule is CC(=O)N[C@@H](C)COC1CCC(Oc2nc3c(Cl)cc(C(C)(C)O)c(F)c3n2C)CC1. The highest BCUT2D eigenvalue weighted by atomic mass is 35.5. The average molecular weight is 456 g/mol. The van der Waals surface area contributed by atoms with Crippen molar-refractivity contribution in [1.29, 1.82) is 0 Å². The fourth-order valence-electron chi connectivity index (χ4n) is 3.97. The predicted molar refractivity (Wildman–Crippen MR) is 117 cm³/mol. The van der Waals surface area contributed by atoms with Gasteiger partial charge in [-0.15, -0.1) is 0 Å². The van der Waals surface area contributed by atoms with E-state index in [9.17, 15) is 9.90 Å². The summed E-state index contributed by atoms with van der Waals surface area (Å²) in [6.07, 6.45) is 3.30. The van der Waals surface area contributed by atoms with Gasteiger partial charge >= 0.3 is 0 Å². The first-order valence-electron chi connectivity index (χ1n) is 10.6. The molecule has 1 heterocycles. The van der Waals surface area contributed by atoms with Crippen LogP contribution in [0.15, 0.2) is 6.07 Å². The standard InChI is InChI=1S/C22H31ClFN3O4/c1-12(25-13(2)28)11-30-14-6-8-15(9-7-14)31-21-26-19-17(23)10-16(22(3,4)29)18(24)20(19)27(21)5/h10,12,14-15,29H,6-9,11H2,1-5H3,(H,25,28)/t12-,14?,15?/m0/s1. The number of halogens is 2. The second-order valence-electron chi connectivity index (χ2n) is 8.88. The zero-order valence-corrected chi connectivity index (χ0v) is 19.4. The number of aliphatic hydroxyl groups is 1. The number of nitrogens with zero attached hydrogens (tertiary/aromatic N) is 2. The molecule has 7 nitrogen and oxygen atoms in total. The number of carbonyl (C=O) groups is 1. The maximum absolute atomic E-state index is 15.1. The van der Waals surface area contributed by atoms with Crippen molar-refractivity contribution in [2.45, 2.75) is 77.2 Å². The van der Waals surface area contributed by atoms with Crippen LogP contribution in [0.4, 0.5) is 4.39 Å². The van der Waals surface area contributed by atoms with Crippen molar-refractivity contribution >= 4 is 28.5 Å². The van der Waals surface area contributed by atoms with E-state index in [1.165, 1.54) is 26.8 Å². The average Bonchev–Trinajstić information content (AvgIpc) is 3.00. The molecule has 9 heteroatoms. The van der Waals surface area contributed by atoms with Gasteiger partial charge in [-0.1, -0.05) is 11.6 Å². The predicted octanol–water partition coefficient (Wildman–Crippen LogP) is 3.82. The number of rotatable bonds is 7. The van der Waals surface area contributed by atoms with Crippen LogP contribution in [0.2, 0.25) is 5.02 Å². The van der Waals surface area contributed by atoms with Crippen LogP contribution in [0, 0.1) is 5.82 Å². The molecule has 1 saturated carbocycles. The van der Waals surface area contributed by atoms with E-state index in [1.54, 1.807) is 11.6 Å². The maximum atomic E-state index is 15.1. The highest BCUT2D eigenvalue weighted by Crippen LogP contribution is 2.36. The first kappa shape index (κ1) is 23.8. The lowest BCUT2D eigenvalue weighted by molar-refractivity contribution is -0.120. The molecule has 2 N–H and O–H groups in total. The first-order valence-corrected chi connectivity index (χ1v) is 11.0. The second kappa shape index (κ2) is 9.30. The van der Waals surface area contributed by atoms with Gasteiger partial charge in [-0.2, -0.15) is 4.98 Å².